The van der Waals surface area contributed by atoms with E-state index in [1.807, 2.05) is 13.8 Å². The van der Waals surface area contributed by atoms with E-state index in [1.165, 1.54) is 12.3 Å². The van der Waals surface area contributed by atoms with Gasteiger partial charge in [0.15, 0.2) is 11.6 Å². The zero-order valence-electron chi connectivity index (χ0n) is 18.8. The van der Waals surface area contributed by atoms with E-state index >= 15 is 0 Å². The number of benzene rings is 1. The Hall–Kier alpha value is -3.04. The van der Waals surface area contributed by atoms with Crippen LogP contribution >= 0.6 is 11.6 Å². The van der Waals surface area contributed by atoms with Gasteiger partial charge in [0.25, 0.3) is 11.5 Å². The molecule has 1 aliphatic rings. The lowest BCUT2D eigenvalue weighted by Gasteiger charge is -2.35. The Bertz CT molecular complexity index is 1270. The highest BCUT2D eigenvalue weighted by atomic mass is 35.5. The van der Waals surface area contributed by atoms with Gasteiger partial charge in [-0.2, -0.15) is 0 Å². The first-order valence-electron chi connectivity index (χ1n) is 10.7. The normalized spacial score (nSPS) is 19.5. The third-order valence-electron chi connectivity index (χ3n) is 5.56. The van der Waals surface area contributed by atoms with Crippen LogP contribution in [0.4, 0.5) is 10.2 Å². The molecule has 174 valence electrons. The van der Waals surface area contributed by atoms with Crippen LogP contribution in [0, 0.1) is 12.7 Å². The summed E-state index contributed by atoms with van der Waals surface area (Å²) in [4.78, 5) is 37.8. The number of aryl methyl sites for hydroxylation is 1. The molecule has 1 fully saturated rings. The summed E-state index contributed by atoms with van der Waals surface area (Å²) in [7, 11) is 0. The molecular formula is C23H25ClFN5O3. The van der Waals surface area contributed by atoms with Gasteiger partial charge >= 0.3 is 0 Å². The molecule has 2 N–H and O–H groups in total. The fourth-order valence-corrected chi connectivity index (χ4v) is 4.42. The summed E-state index contributed by atoms with van der Waals surface area (Å²) in [5.74, 6) is -0.476. The average molecular weight is 474 g/mol. The second-order valence-electron chi connectivity index (χ2n) is 8.43. The van der Waals surface area contributed by atoms with Gasteiger partial charge in [-0.3, -0.25) is 9.59 Å². The van der Waals surface area contributed by atoms with Gasteiger partial charge in [0.2, 0.25) is 0 Å². The van der Waals surface area contributed by atoms with Gasteiger partial charge < -0.3 is 19.9 Å². The minimum atomic E-state index is -0.658. The van der Waals surface area contributed by atoms with Crippen LogP contribution in [0.5, 0.6) is 0 Å². The van der Waals surface area contributed by atoms with Crippen LogP contribution in [-0.4, -0.2) is 51.1 Å². The Balaban J connectivity index is 1.55. The zero-order valence-corrected chi connectivity index (χ0v) is 19.5. The maximum atomic E-state index is 14.9. The third kappa shape index (κ3) is 4.84. The summed E-state index contributed by atoms with van der Waals surface area (Å²) in [5.41, 5.74) is 0.972. The van der Waals surface area contributed by atoms with Gasteiger partial charge in [-0.25, -0.2) is 14.4 Å². The number of morpholine rings is 1. The van der Waals surface area contributed by atoms with Crippen molar-refractivity contribution in [2.45, 2.75) is 45.9 Å². The number of anilines is 1. The fourth-order valence-electron chi connectivity index (χ4n) is 4.10. The van der Waals surface area contributed by atoms with Gasteiger partial charge in [0.1, 0.15) is 5.82 Å². The highest BCUT2D eigenvalue weighted by molar-refractivity contribution is 6.32. The van der Waals surface area contributed by atoms with Crippen molar-refractivity contribution in [1.82, 2.24) is 19.9 Å². The predicted molar refractivity (Wildman–Crippen MR) is 124 cm³/mol. The van der Waals surface area contributed by atoms with Crippen molar-refractivity contribution in [2.24, 2.45) is 0 Å². The number of rotatable bonds is 4. The van der Waals surface area contributed by atoms with Gasteiger partial charge in [0.05, 0.1) is 34.7 Å². The monoisotopic (exact) mass is 473 g/mol. The van der Waals surface area contributed by atoms with Crippen molar-refractivity contribution in [3.63, 3.8) is 0 Å². The van der Waals surface area contributed by atoms with Gasteiger partial charge in [-0.15, -0.1) is 0 Å². The van der Waals surface area contributed by atoms with E-state index in [1.54, 1.807) is 30.9 Å². The van der Waals surface area contributed by atoms with Gasteiger partial charge in [-0.05, 0) is 51.5 Å². The molecule has 0 unspecified atom stereocenters. The van der Waals surface area contributed by atoms with E-state index in [-0.39, 0.29) is 35.1 Å². The Labute approximate surface area is 195 Å². The number of nitrogens with one attached hydrogen (secondary N) is 2. The molecule has 0 aliphatic carbocycles. The molecule has 4 rings (SSSR count). The number of nitrogens with zero attached hydrogens (tertiary/aromatic N) is 3. The van der Waals surface area contributed by atoms with E-state index in [9.17, 15) is 14.0 Å². The van der Waals surface area contributed by atoms with Crippen LogP contribution < -0.4 is 10.9 Å². The molecule has 3 atom stereocenters. The lowest BCUT2D eigenvalue weighted by atomic mass is 10.1. The number of ether oxygens (including phenoxy) is 1. The van der Waals surface area contributed by atoms with E-state index < -0.39 is 11.9 Å². The largest absolute Gasteiger partial charge is 0.372 e. The molecule has 33 heavy (non-hydrogen) atoms. The summed E-state index contributed by atoms with van der Waals surface area (Å²) in [6, 6.07) is 3.96. The Morgan fingerprint density at radius 2 is 2.00 bits per heavy atom. The molecule has 1 aliphatic heterocycles. The molecule has 0 saturated carbocycles. The van der Waals surface area contributed by atoms with Crippen LogP contribution in [0.2, 0.25) is 5.02 Å². The Morgan fingerprint density at radius 1 is 1.30 bits per heavy atom. The van der Waals surface area contributed by atoms with Crippen LogP contribution in [0.25, 0.3) is 10.9 Å². The first-order chi connectivity index (χ1) is 15.6. The summed E-state index contributed by atoms with van der Waals surface area (Å²) in [5, 5.41) is 3.75. The number of aromatic nitrogens is 3. The van der Waals surface area contributed by atoms with Crippen LogP contribution in [0.3, 0.4) is 0 Å². The van der Waals surface area contributed by atoms with Crippen LogP contribution in [-0.2, 0) is 4.74 Å². The molecule has 0 radical (unpaired) electrons. The van der Waals surface area contributed by atoms with Crippen LogP contribution in [0.1, 0.15) is 48.6 Å². The number of pyridine rings is 1. The fraction of sp³-hybridized carbons (Fsp3) is 0.391. The van der Waals surface area contributed by atoms with Crippen molar-refractivity contribution < 1.29 is 13.9 Å². The lowest BCUT2D eigenvalue weighted by molar-refractivity contribution is -0.0586. The molecule has 8 nitrogen and oxygen atoms in total. The smallest absolute Gasteiger partial charge is 0.258 e. The molecular weight excluding hydrogens is 449 g/mol. The molecule has 1 amide bonds. The number of H-pyrrole nitrogens is 1. The average Bonchev–Trinajstić information content (AvgIpc) is 2.73. The Kier molecular flexibility index (Phi) is 6.36. The first kappa shape index (κ1) is 23.1. The van der Waals surface area contributed by atoms with Gasteiger partial charge in [0, 0.05) is 24.3 Å². The van der Waals surface area contributed by atoms with Crippen molar-refractivity contribution in [1.29, 1.82) is 0 Å². The number of aromatic amines is 1. The van der Waals surface area contributed by atoms with Crippen molar-refractivity contribution in [2.75, 3.05) is 18.4 Å². The molecule has 3 heterocycles. The summed E-state index contributed by atoms with van der Waals surface area (Å²) < 4.78 is 20.5. The molecule has 0 bridgehead atoms. The number of hydrogen-bond acceptors (Lipinski definition) is 6. The number of carbonyl (C=O) groups excluding carboxylic acids is 1. The van der Waals surface area contributed by atoms with Crippen molar-refractivity contribution in [3.8, 4) is 0 Å². The third-order valence-corrected chi connectivity index (χ3v) is 5.88. The maximum absolute atomic E-state index is 14.9. The second kappa shape index (κ2) is 9.07. The number of hydrogen-bond donors (Lipinski definition) is 2. The molecule has 3 aromatic rings. The summed E-state index contributed by atoms with van der Waals surface area (Å²) in [6.07, 6.45) is 1.18. The minimum absolute atomic E-state index is 0.0186. The highest BCUT2D eigenvalue weighted by Gasteiger charge is 2.27. The molecule has 1 aromatic carbocycles. The molecule has 2 aromatic heterocycles. The van der Waals surface area contributed by atoms with E-state index in [0.717, 1.165) is 0 Å². The van der Waals surface area contributed by atoms with Crippen LogP contribution in [0.15, 0.2) is 29.2 Å². The quantitative estimate of drug-likeness (QED) is 0.597. The predicted octanol–water partition coefficient (Wildman–Crippen LogP) is 3.84. The standard InChI is InChI=1S/C23H25ClFN5O3/c1-11-9-30(10-12(2)33-11)23(32)15-5-19(25)21(26-8-15)27-13(3)16-6-17-20(7-18(16)24)28-14(4)29-22(17)31/h5-8,11-13H,9-10H2,1-4H3,(H,26,27)(H,28,29,31)/t11-,12+,13-/m0/s1. The van der Waals surface area contributed by atoms with Crippen molar-refractivity contribution >= 4 is 34.2 Å². The van der Waals surface area contributed by atoms with E-state index in [2.05, 4.69) is 20.3 Å². The molecule has 10 heteroatoms. The topological polar surface area (TPSA) is 100 Å². The molecule has 0 spiro atoms. The Morgan fingerprint density at radius 3 is 2.67 bits per heavy atom. The van der Waals surface area contributed by atoms with E-state index in [4.69, 9.17) is 16.3 Å². The van der Waals surface area contributed by atoms with Gasteiger partial charge in [-0.1, -0.05) is 11.6 Å². The summed E-state index contributed by atoms with van der Waals surface area (Å²) >= 11 is 6.42. The number of fused-ring (bicyclic) bond motifs is 1. The minimum Gasteiger partial charge on any atom is -0.372 e. The van der Waals surface area contributed by atoms with Crippen molar-refractivity contribution in [3.05, 3.63) is 62.5 Å². The zero-order chi connectivity index (χ0) is 23.9. The maximum Gasteiger partial charge on any atom is 0.258 e. The SMILES string of the molecule is Cc1nc2cc(Cl)c([C@H](C)Nc3ncc(C(=O)N4C[C@@H](C)O[C@@H](C)C4)cc3F)cc2c(=O)[nH]1. The number of carbonyl (C=O) groups is 1. The number of amides is 1. The molecule has 1 saturated heterocycles. The summed E-state index contributed by atoms with van der Waals surface area (Å²) in [6.45, 7) is 8.14. The van der Waals surface area contributed by atoms with E-state index in [0.29, 0.717) is 40.4 Å². The first-order valence-corrected chi connectivity index (χ1v) is 11.1. The lowest BCUT2D eigenvalue weighted by Crippen LogP contribution is -2.48. The second-order valence-corrected chi connectivity index (χ2v) is 8.84. The number of halogens is 2. The highest BCUT2D eigenvalue weighted by Crippen LogP contribution is 2.29.